The van der Waals surface area contributed by atoms with Gasteiger partial charge in [0.2, 0.25) is 0 Å². The molecule has 1 amide bonds. The fourth-order valence-electron chi connectivity index (χ4n) is 4.55. The summed E-state index contributed by atoms with van der Waals surface area (Å²) >= 11 is 12.5. The average Bonchev–Trinajstić information content (AvgIpc) is 2.78. The van der Waals surface area contributed by atoms with E-state index in [0.717, 1.165) is 0 Å². The number of carbonyl (C=O) groups excluding carboxylic acids is 1. The van der Waals surface area contributed by atoms with E-state index in [-0.39, 0.29) is 5.75 Å². The van der Waals surface area contributed by atoms with Crippen molar-refractivity contribution in [2.45, 2.75) is 77.0 Å². The number of nitrogens with zero attached hydrogens (tertiary/aromatic N) is 1. The molecule has 0 unspecified atom stereocenters. The molecule has 1 N–H and O–H groups in total. The maximum atomic E-state index is 14.1. The molecule has 1 saturated heterocycles. The molecule has 1 aliphatic heterocycles. The fourth-order valence-corrected chi connectivity index (χ4v) is 6.45. The van der Waals surface area contributed by atoms with Gasteiger partial charge in [-0.1, -0.05) is 68.2 Å². The standard InChI is InChI=1S/C28H35Cl2NO6S/c1-27(2,3)22(16-38(35,36)28(4,5)6)31-24(17-10-12-19(29)13-11-17)25(18-8-7-9-20(30)14-18)37-21(26(31)34)15-23(32)33/h7-14,21-22,24-25H,15-16H2,1-6H3,(H,32,33)/t21-,22-,24+,25+/m0/s1. The second-order valence-corrected chi connectivity index (χ2v) is 15.4. The molecular formula is C28H35Cl2NO6S. The van der Waals surface area contributed by atoms with Crippen molar-refractivity contribution in [2.24, 2.45) is 5.41 Å². The monoisotopic (exact) mass is 583 g/mol. The van der Waals surface area contributed by atoms with Crippen LogP contribution in [0, 0.1) is 5.41 Å². The number of sulfone groups is 1. The topological polar surface area (TPSA) is 101 Å². The van der Waals surface area contributed by atoms with E-state index in [2.05, 4.69) is 0 Å². The maximum absolute atomic E-state index is 14.1. The van der Waals surface area contributed by atoms with Crippen LogP contribution in [-0.4, -0.2) is 52.9 Å². The number of hydrogen-bond acceptors (Lipinski definition) is 5. The highest BCUT2D eigenvalue weighted by Gasteiger charge is 2.51. The number of halogens is 2. The van der Waals surface area contributed by atoms with Crippen LogP contribution >= 0.6 is 23.2 Å². The zero-order valence-electron chi connectivity index (χ0n) is 22.4. The van der Waals surface area contributed by atoms with Gasteiger partial charge >= 0.3 is 5.97 Å². The van der Waals surface area contributed by atoms with Crippen molar-refractivity contribution in [3.63, 3.8) is 0 Å². The molecule has 1 fully saturated rings. The van der Waals surface area contributed by atoms with E-state index in [9.17, 15) is 23.1 Å². The molecule has 2 aromatic carbocycles. The van der Waals surface area contributed by atoms with Crippen LogP contribution in [0.3, 0.4) is 0 Å². The number of carboxylic acids is 1. The third kappa shape index (κ3) is 6.71. The number of benzene rings is 2. The van der Waals surface area contributed by atoms with Crippen LogP contribution in [-0.2, 0) is 24.2 Å². The van der Waals surface area contributed by atoms with Crippen LogP contribution in [0.1, 0.15) is 71.2 Å². The van der Waals surface area contributed by atoms with E-state index in [0.29, 0.717) is 21.2 Å². The Kier molecular flexibility index (Phi) is 8.93. The van der Waals surface area contributed by atoms with Gasteiger partial charge in [0.15, 0.2) is 9.84 Å². The van der Waals surface area contributed by atoms with Gasteiger partial charge < -0.3 is 14.7 Å². The summed E-state index contributed by atoms with van der Waals surface area (Å²) in [5.74, 6) is -2.08. The lowest BCUT2D eigenvalue weighted by atomic mass is 9.82. The lowest BCUT2D eigenvalue weighted by Gasteiger charge is -2.51. The molecule has 3 rings (SSSR count). The molecule has 4 atom stereocenters. The molecule has 0 aliphatic carbocycles. The SMILES string of the molecule is CC(C)(C)[C@H](CS(=O)(=O)C(C)(C)C)N1C(=O)[C@H](CC(=O)O)O[C@H](c2cccc(Cl)c2)[C@H]1c1ccc(Cl)cc1. The highest BCUT2D eigenvalue weighted by molar-refractivity contribution is 7.92. The Bertz CT molecular complexity index is 1280. The van der Waals surface area contributed by atoms with Gasteiger partial charge in [0.1, 0.15) is 12.2 Å². The highest BCUT2D eigenvalue weighted by atomic mass is 35.5. The minimum absolute atomic E-state index is 0.308. The molecule has 1 heterocycles. The zero-order chi connectivity index (χ0) is 28.6. The van der Waals surface area contributed by atoms with Crippen LogP contribution in [0.25, 0.3) is 0 Å². The molecule has 0 spiro atoms. The third-order valence-corrected chi connectivity index (χ3v) is 9.93. The average molecular weight is 585 g/mol. The van der Waals surface area contributed by atoms with E-state index in [1.807, 2.05) is 20.8 Å². The first-order valence-corrected chi connectivity index (χ1v) is 14.8. The lowest BCUT2D eigenvalue weighted by molar-refractivity contribution is -0.186. The first kappa shape index (κ1) is 30.4. The maximum Gasteiger partial charge on any atom is 0.306 e. The van der Waals surface area contributed by atoms with Crippen molar-refractivity contribution in [3.05, 3.63) is 69.7 Å². The van der Waals surface area contributed by atoms with Crippen molar-refractivity contribution >= 4 is 44.9 Å². The summed E-state index contributed by atoms with van der Waals surface area (Å²) in [5.41, 5.74) is 0.614. The van der Waals surface area contributed by atoms with Crippen LogP contribution in [0.4, 0.5) is 0 Å². The quantitative estimate of drug-likeness (QED) is 0.422. The number of aliphatic carboxylic acids is 1. The van der Waals surface area contributed by atoms with Crippen molar-refractivity contribution in [1.29, 1.82) is 0 Å². The number of ether oxygens (including phenoxy) is 1. The molecule has 0 aromatic heterocycles. The smallest absolute Gasteiger partial charge is 0.306 e. The predicted molar refractivity (Wildman–Crippen MR) is 149 cm³/mol. The van der Waals surface area contributed by atoms with Crippen LogP contribution < -0.4 is 0 Å². The minimum Gasteiger partial charge on any atom is -0.481 e. The minimum atomic E-state index is -3.69. The van der Waals surface area contributed by atoms with Gasteiger partial charge in [0, 0.05) is 10.0 Å². The van der Waals surface area contributed by atoms with Gasteiger partial charge in [-0.2, -0.15) is 0 Å². The van der Waals surface area contributed by atoms with E-state index >= 15 is 0 Å². The van der Waals surface area contributed by atoms with Gasteiger partial charge in [-0.3, -0.25) is 9.59 Å². The van der Waals surface area contributed by atoms with Crippen molar-refractivity contribution in [2.75, 3.05) is 5.75 Å². The molecule has 0 radical (unpaired) electrons. The first-order valence-electron chi connectivity index (χ1n) is 12.3. The molecule has 208 valence electrons. The van der Waals surface area contributed by atoms with Gasteiger partial charge in [-0.25, -0.2) is 8.42 Å². The Morgan fingerprint density at radius 2 is 1.61 bits per heavy atom. The van der Waals surface area contributed by atoms with E-state index in [1.165, 1.54) is 4.90 Å². The number of morpholine rings is 1. The molecular weight excluding hydrogens is 549 g/mol. The number of carboxylic acid groups (broad SMARTS) is 1. The van der Waals surface area contributed by atoms with E-state index in [4.69, 9.17) is 27.9 Å². The summed E-state index contributed by atoms with van der Waals surface area (Å²) in [5, 5.41) is 10.5. The summed E-state index contributed by atoms with van der Waals surface area (Å²) in [4.78, 5) is 27.4. The predicted octanol–water partition coefficient (Wildman–Crippen LogP) is 6.11. The Balaban J connectivity index is 2.30. The summed E-state index contributed by atoms with van der Waals surface area (Å²) in [6.45, 7) is 10.5. The number of hydrogen-bond donors (Lipinski definition) is 1. The summed E-state index contributed by atoms with van der Waals surface area (Å²) in [6.07, 6.45) is -2.70. The number of carbonyl (C=O) groups is 2. The zero-order valence-corrected chi connectivity index (χ0v) is 24.8. The number of rotatable bonds is 7. The molecule has 0 saturated carbocycles. The van der Waals surface area contributed by atoms with Crippen LogP contribution in [0.2, 0.25) is 10.0 Å². The normalized spacial score (nSPS) is 21.8. The summed E-state index contributed by atoms with van der Waals surface area (Å²) < 4.78 is 32.2. The summed E-state index contributed by atoms with van der Waals surface area (Å²) in [7, 11) is -3.69. The lowest BCUT2D eigenvalue weighted by Crippen LogP contribution is -2.60. The van der Waals surface area contributed by atoms with E-state index < -0.39 is 62.6 Å². The van der Waals surface area contributed by atoms with Gasteiger partial charge in [0.05, 0.1) is 29.0 Å². The first-order chi connectivity index (χ1) is 17.4. The Morgan fingerprint density at radius 3 is 2.11 bits per heavy atom. The number of amides is 1. The van der Waals surface area contributed by atoms with Crippen molar-refractivity contribution < 1.29 is 27.9 Å². The largest absolute Gasteiger partial charge is 0.481 e. The van der Waals surface area contributed by atoms with Gasteiger partial charge in [-0.05, 0) is 61.6 Å². The Morgan fingerprint density at radius 1 is 1.00 bits per heavy atom. The molecule has 10 heteroatoms. The summed E-state index contributed by atoms with van der Waals surface area (Å²) in [6, 6.07) is 12.3. The van der Waals surface area contributed by atoms with Crippen LogP contribution in [0.5, 0.6) is 0 Å². The van der Waals surface area contributed by atoms with E-state index in [1.54, 1.807) is 69.3 Å². The second-order valence-electron chi connectivity index (χ2n) is 11.7. The molecule has 7 nitrogen and oxygen atoms in total. The van der Waals surface area contributed by atoms with Crippen molar-refractivity contribution in [3.8, 4) is 0 Å². The molecule has 38 heavy (non-hydrogen) atoms. The fraction of sp³-hybridized carbons (Fsp3) is 0.500. The molecule has 2 aromatic rings. The van der Waals surface area contributed by atoms with Gasteiger partial charge in [-0.15, -0.1) is 0 Å². The Labute approximate surface area is 235 Å². The molecule has 1 aliphatic rings. The highest BCUT2D eigenvalue weighted by Crippen LogP contribution is 2.47. The van der Waals surface area contributed by atoms with Gasteiger partial charge in [0.25, 0.3) is 5.91 Å². The van der Waals surface area contributed by atoms with Crippen LogP contribution in [0.15, 0.2) is 48.5 Å². The van der Waals surface area contributed by atoms with Crippen molar-refractivity contribution in [1.82, 2.24) is 4.90 Å². The Hall–Kier alpha value is -2.13. The third-order valence-electron chi connectivity index (χ3n) is 6.82. The second kappa shape index (κ2) is 11.2. The molecule has 0 bridgehead atoms.